The number of nitrogens with zero attached hydrogens (tertiary/aromatic N) is 1. The van der Waals surface area contributed by atoms with Crippen LogP contribution in [0.3, 0.4) is 0 Å². The van der Waals surface area contributed by atoms with Crippen molar-refractivity contribution >= 4 is 0 Å². The van der Waals surface area contributed by atoms with E-state index in [1.807, 2.05) is 7.05 Å². The zero-order valence-corrected chi connectivity index (χ0v) is 7.97. The normalized spacial score (nSPS) is 22.2. The second-order valence-electron chi connectivity index (χ2n) is 3.81. The van der Waals surface area contributed by atoms with Crippen molar-refractivity contribution in [2.24, 2.45) is 5.92 Å². The quantitative estimate of drug-likeness (QED) is 0.731. The van der Waals surface area contributed by atoms with Gasteiger partial charge in [-0.25, -0.2) is 8.78 Å². The Kier molecular flexibility index (Phi) is 3.62. The standard InChI is InChI=1S/C9H17F2NO/c1-12-5-2-8(3-6-12)9(10,11)4-7-13/h8,13H,2-7H2,1H3. The maximum Gasteiger partial charge on any atom is 0.253 e. The summed E-state index contributed by atoms with van der Waals surface area (Å²) in [6, 6.07) is 0. The molecule has 78 valence electrons. The van der Waals surface area contributed by atoms with Crippen LogP contribution in [0.4, 0.5) is 8.78 Å². The molecule has 13 heavy (non-hydrogen) atoms. The van der Waals surface area contributed by atoms with Gasteiger partial charge in [0.15, 0.2) is 0 Å². The van der Waals surface area contributed by atoms with Crippen LogP contribution >= 0.6 is 0 Å². The third kappa shape index (κ3) is 2.88. The number of likely N-dealkylation sites (tertiary alicyclic amines) is 1. The Balaban J connectivity index is 2.42. The number of halogens is 2. The van der Waals surface area contributed by atoms with Gasteiger partial charge >= 0.3 is 0 Å². The monoisotopic (exact) mass is 193 g/mol. The number of alkyl halides is 2. The van der Waals surface area contributed by atoms with Crippen molar-refractivity contribution < 1.29 is 13.9 Å². The van der Waals surface area contributed by atoms with Gasteiger partial charge in [0.1, 0.15) is 0 Å². The van der Waals surface area contributed by atoms with E-state index in [-0.39, 0.29) is 6.42 Å². The molecule has 0 unspecified atom stereocenters. The molecule has 1 heterocycles. The summed E-state index contributed by atoms with van der Waals surface area (Å²) in [5.74, 6) is -3.20. The Labute approximate surface area is 77.5 Å². The predicted molar refractivity (Wildman–Crippen MR) is 46.9 cm³/mol. The molecule has 0 aromatic rings. The molecular weight excluding hydrogens is 176 g/mol. The largest absolute Gasteiger partial charge is 0.396 e. The molecule has 0 saturated carbocycles. The summed E-state index contributed by atoms with van der Waals surface area (Å²) in [5, 5.41) is 8.49. The Bertz CT molecular complexity index is 156. The molecule has 4 heteroatoms. The van der Waals surface area contributed by atoms with E-state index in [0.717, 1.165) is 13.1 Å². The first-order valence-corrected chi connectivity index (χ1v) is 4.73. The van der Waals surface area contributed by atoms with E-state index >= 15 is 0 Å². The van der Waals surface area contributed by atoms with Crippen LogP contribution in [-0.4, -0.2) is 42.7 Å². The van der Waals surface area contributed by atoms with Crippen molar-refractivity contribution in [3.8, 4) is 0 Å². The van der Waals surface area contributed by atoms with E-state index in [0.29, 0.717) is 12.8 Å². The molecule has 2 nitrogen and oxygen atoms in total. The Morgan fingerprint density at radius 3 is 2.38 bits per heavy atom. The zero-order valence-electron chi connectivity index (χ0n) is 7.97. The molecule has 0 aliphatic carbocycles. The van der Waals surface area contributed by atoms with Crippen molar-refractivity contribution in [2.45, 2.75) is 25.2 Å². The van der Waals surface area contributed by atoms with Crippen LogP contribution in [0.25, 0.3) is 0 Å². The molecule has 1 aliphatic heterocycles. The molecule has 1 N–H and O–H groups in total. The fourth-order valence-electron chi connectivity index (χ4n) is 1.78. The second kappa shape index (κ2) is 4.33. The number of aliphatic hydroxyl groups excluding tert-OH is 1. The van der Waals surface area contributed by atoms with Gasteiger partial charge in [-0.2, -0.15) is 0 Å². The molecule has 1 fully saturated rings. The van der Waals surface area contributed by atoms with E-state index in [1.165, 1.54) is 0 Å². The molecule has 0 spiro atoms. The van der Waals surface area contributed by atoms with Crippen molar-refractivity contribution in [1.82, 2.24) is 4.90 Å². The lowest BCUT2D eigenvalue weighted by molar-refractivity contribution is -0.0909. The highest BCUT2D eigenvalue weighted by molar-refractivity contribution is 4.81. The lowest BCUT2D eigenvalue weighted by Gasteiger charge is -2.33. The lowest BCUT2D eigenvalue weighted by Crippen LogP contribution is -2.39. The first kappa shape index (κ1) is 10.9. The molecule has 0 aromatic carbocycles. The smallest absolute Gasteiger partial charge is 0.253 e. The fourth-order valence-corrected chi connectivity index (χ4v) is 1.78. The molecule has 0 bridgehead atoms. The van der Waals surface area contributed by atoms with Crippen molar-refractivity contribution in [3.63, 3.8) is 0 Å². The van der Waals surface area contributed by atoms with E-state index in [2.05, 4.69) is 4.90 Å². The maximum absolute atomic E-state index is 13.3. The average molecular weight is 193 g/mol. The minimum atomic E-state index is -2.67. The summed E-state index contributed by atoms with van der Waals surface area (Å²) in [7, 11) is 1.94. The highest BCUT2D eigenvalue weighted by Crippen LogP contribution is 2.35. The number of rotatable bonds is 3. The van der Waals surface area contributed by atoms with Gasteiger partial charge < -0.3 is 10.0 Å². The molecule has 0 radical (unpaired) electrons. The third-order valence-corrected chi connectivity index (χ3v) is 2.76. The molecule has 0 amide bonds. The topological polar surface area (TPSA) is 23.5 Å². The van der Waals surface area contributed by atoms with E-state index in [4.69, 9.17) is 5.11 Å². The van der Waals surface area contributed by atoms with Crippen LogP contribution in [0.5, 0.6) is 0 Å². The van der Waals surface area contributed by atoms with Crippen molar-refractivity contribution in [2.75, 3.05) is 26.7 Å². The first-order valence-electron chi connectivity index (χ1n) is 4.73. The second-order valence-corrected chi connectivity index (χ2v) is 3.81. The lowest BCUT2D eigenvalue weighted by atomic mass is 9.89. The van der Waals surface area contributed by atoms with Crippen LogP contribution in [0.2, 0.25) is 0 Å². The van der Waals surface area contributed by atoms with Gasteiger partial charge in [-0.05, 0) is 33.0 Å². The van der Waals surface area contributed by atoms with Crippen LogP contribution < -0.4 is 0 Å². The van der Waals surface area contributed by atoms with Gasteiger partial charge in [-0.15, -0.1) is 0 Å². The highest BCUT2D eigenvalue weighted by Gasteiger charge is 2.39. The number of aliphatic hydroxyl groups is 1. The maximum atomic E-state index is 13.3. The first-order chi connectivity index (χ1) is 6.06. The van der Waals surface area contributed by atoms with Gasteiger partial charge in [0, 0.05) is 18.9 Å². The summed E-state index contributed by atoms with van der Waals surface area (Å²) in [5.41, 5.74) is 0. The number of hydrogen-bond acceptors (Lipinski definition) is 2. The molecule has 0 atom stereocenters. The fraction of sp³-hybridized carbons (Fsp3) is 1.00. The van der Waals surface area contributed by atoms with E-state index in [9.17, 15) is 8.78 Å². The number of piperidine rings is 1. The molecule has 0 aromatic heterocycles. The molecule has 1 aliphatic rings. The minimum absolute atomic E-state index is 0.388. The highest BCUT2D eigenvalue weighted by atomic mass is 19.3. The third-order valence-electron chi connectivity index (χ3n) is 2.76. The average Bonchev–Trinajstić information content (AvgIpc) is 2.05. The van der Waals surface area contributed by atoms with E-state index < -0.39 is 18.4 Å². The van der Waals surface area contributed by atoms with Gasteiger partial charge in [0.2, 0.25) is 0 Å². The van der Waals surface area contributed by atoms with Crippen LogP contribution in [-0.2, 0) is 0 Å². The van der Waals surface area contributed by atoms with Crippen LogP contribution in [0.15, 0.2) is 0 Å². The Hall–Kier alpha value is -0.220. The summed E-state index contributed by atoms with van der Waals surface area (Å²) >= 11 is 0. The summed E-state index contributed by atoms with van der Waals surface area (Å²) in [6.45, 7) is 1.07. The van der Waals surface area contributed by atoms with Crippen LogP contribution in [0, 0.1) is 5.92 Å². The SMILES string of the molecule is CN1CCC(C(F)(F)CCO)CC1. The van der Waals surface area contributed by atoms with Gasteiger partial charge in [-0.1, -0.05) is 0 Å². The zero-order chi connectivity index (χ0) is 9.90. The van der Waals surface area contributed by atoms with Crippen molar-refractivity contribution in [1.29, 1.82) is 0 Å². The van der Waals surface area contributed by atoms with Crippen LogP contribution in [0.1, 0.15) is 19.3 Å². The van der Waals surface area contributed by atoms with Gasteiger partial charge in [0.25, 0.3) is 5.92 Å². The summed E-state index contributed by atoms with van der Waals surface area (Å²) in [4.78, 5) is 2.06. The summed E-state index contributed by atoms with van der Waals surface area (Å²) < 4.78 is 26.5. The number of hydrogen-bond donors (Lipinski definition) is 1. The molecular formula is C9H17F2NO. The predicted octanol–water partition coefficient (Wildman–Crippen LogP) is 1.35. The summed E-state index contributed by atoms with van der Waals surface area (Å²) in [6.07, 6.45) is 0.703. The van der Waals surface area contributed by atoms with Crippen molar-refractivity contribution in [3.05, 3.63) is 0 Å². The van der Waals surface area contributed by atoms with Gasteiger partial charge in [-0.3, -0.25) is 0 Å². The molecule has 1 rings (SSSR count). The van der Waals surface area contributed by atoms with E-state index in [1.54, 1.807) is 0 Å². The Morgan fingerprint density at radius 2 is 1.92 bits per heavy atom. The van der Waals surface area contributed by atoms with Gasteiger partial charge in [0.05, 0.1) is 0 Å². The minimum Gasteiger partial charge on any atom is -0.396 e. The Morgan fingerprint density at radius 1 is 1.38 bits per heavy atom. The molecule has 1 saturated heterocycles.